The minimum atomic E-state index is 0.0404. The fourth-order valence-corrected chi connectivity index (χ4v) is 1.25. The van der Waals surface area contributed by atoms with Crippen LogP contribution in [0.25, 0.3) is 0 Å². The van der Waals surface area contributed by atoms with Gasteiger partial charge in [0.1, 0.15) is 5.84 Å². The Hall–Kier alpha value is -0.810. The summed E-state index contributed by atoms with van der Waals surface area (Å²) >= 11 is 0. The number of amidine groups is 1. The molecule has 5 nitrogen and oxygen atoms in total. The number of nitrogens with two attached hydrogens (primary N) is 1. The third kappa shape index (κ3) is 5.04. The molecule has 84 valence electrons. The van der Waals surface area contributed by atoms with Gasteiger partial charge in [-0.05, 0) is 13.0 Å². The van der Waals surface area contributed by atoms with E-state index < -0.39 is 0 Å². The van der Waals surface area contributed by atoms with E-state index in [0.29, 0.717) is 0 Å². The van der Waals surface area contributed by atoms with Gasteiger partial charge in [-0.1, -0.05) is 19.0 Å². The number of hydrogen-bond acceptors (Lipinski definition) is 4. The molecule has 0 bridgehead atoms. The van der Waals surface area contributed by atoms with Crippen molar-refractivity contribution in [1.82, 2.24) is 4.90 Å². The maximum atomic E-state index is 8.69. The third-order valence-corrected chi connectivity index (χ3v) is 2.23. The summed E-state index contributed by atoms with van der Waals surface area (Å²) in [5.41, 5.74) is 5.47. The summed E-state index contributed by atoms with van der Waals surface area (Å²) in [6, 6.07) is 0. The molecule has 0 saturated heterocycles. The van der Waals surface area contributed by atoms with Gasteiger partial charge in [0, 0.05) is 25.6 Å². The van der Waals surface area contributed by atoms with Crippen molar-refractivity contribution in [2.75, 3.05) is 26.2 Å². The van der Waals surface area contributed by atoms with Gasteiger partial charge in [-0.15, -0.1) is 0 Å². The molecule has 0 heterocycles. The van der Waals surface area contributed by atoms with E-state index in [1.54, 1.807) is 0 Å². The van der Waals surface area contributed by atoms with Crippen LogP contribution in [0, 0.1) is 5.92 Å². The molecule has 0 spiro atoms. The Morgan fingerprint density at radius 1 is 1.57 bits per heavy atom. The van der Waals surface area contributed by atoms with Crippen molar-refractivity contribution in [3.63, 3.8) is 0 Å². The number of nitrogens with zero attached hydrogens (tertiary/aromatic N) is 2. The summed E-state index contributed by atoms with van der Waals surface area (Å²) in [6.45, 7) is 6.67. The minimum absolute atomic E-state index is 0.0404. The van der Waals surface area contributed by atoms with Gasteiger partial charge >= 0.3 is 0 Å². The lowest BCUT2D eigenvalue weighted by Gasteiger charge is -2.23. The van der Waals surface area contributed by atoms with Crippen molar-refractivity contribution in [3.05, 3.63) is 0 Å². The molecule has 0 aliphatic rings. The molecule has 0 amide bonds. The molecule has 14 heavy (non-hydrogen) atoms. The van der Waals surface area contributed by atoms with Crippen LogP contribution >= 0.6 is 0 Å². The molecule has 1 atom stereocenters. The molecule has 0 aromatic carbocycles. The van der Waals surface area contributed by atoms with Crippen LogP contribution in [0.5, 0.6) is 0 Å². The molecule has 5 heteroatoms. The maximum Gasteiger partial charge on any atom is 0.143 e. The normalized spacial score (nSPS) is 14.7. The first-order valence-corrected chi connectivity index (χ1v) is 4.96. The Balaban J connectivity index is 3.91. The van der Waals surface area contributed by atoms with Gasteiger partial charge in [-0.25, -0.2) is 0 Å². The van der Waals surface area contributed by atoms with Crippen LogP contribution in [0.15, 0.2) is 5.16 Å². The lowest BCUT2D eigenvalue weighted by molar-refractivity contribution is 0.221. The molecule has 0 aliphatic heterocycles. The summed E-state index contributed by atoms with van der Waals surface area (Å²) in [5.74, 6) is 0.297. The number of oxime groups is 1. The largest absolute Gasteiger partial charge is 0.409 e. The molecule has 4 N–H and O–H groups in total. The summed E-state index contributed by atoms with van der Waals surface area (Å²) in [5, 5.41) is 20.1. The van der Waals surface area contributed by atoms with Crippen LogP contribution in [-0.4, -0.2) is 47.3 Å². The average Bonchev–Trinajstić information content (AvgIpc) is 2.22. The van der Waals surface area contributed by atoms with Gasteiger partial charge in [0.2, 0.25) is 0 Å². The number of aliphatic hydroxyl groups is 1. The van der Waals surface area contributed by atoms with Crippen molar-refractivity contribution in [2.24, 2.45) is 16.8 Å². The van der Waals surface area contributed by atoms with E-state index in [0.717, 1.165) is 26.1 Å². The summed E-state index contributed by atoms with van der Waals surface area (Å²) in [4.78, 5) is 2.17. The smallest absolute Gasteiger partial charge is 0.143 e. The van der Waals surface area contributed by atoms with Crippen molar-refractivity contribution in [3.8, 4) is 0 Å². The Bertz CT molecular complexity index is 173. The lowest BCUT2D eigenvalue weighted by Crippen LogP contribution is -2.35. The van der Waals surface area contributed by atoms with Gasteiger partial charge in [0.05, 0.1) is 0 Å². The van der Waals surface area contributed by atoms with Crippen molar-refractivity contribution in [2.45, 2.75) is 20.3 Å². The first kappa shape index (κ1) is 13.2. The second-order valence-electron chi connectivity index (χ2n) is 3.40. The van der Waals surface area contributed by atoms with E-state index >= 15 is 0 Å². The van der Waals surface area contributed by atoms with E-state index in [2.05, 4.69) is 17.0 Å². The minimum Gasteiger partial charge on any atom is -0.409 e. The van der Waals surface area contributed by atoms with Gasteiger partial charge < -0.3 is 20.9 Å². The monoisotopic (exact) mass is 203 g/mol. The Labute approximate surface area is 85.2 Å². The SMILES string of the molecule is CCN(CCCO)CC(C)C(N)=NO. The molecule has 0 aliphatic carbocycles. The molecule has 0 aromatic heterocycles. The van der Waals surface area contributed by atoms with Crippen LogP contribution < -0.4 is 5.73 Å². The topological polar surface area (TPSA) is 82.1 Å². The summed E-state index contributed by atoms with van der Waals surface area (Å²) < 4.78 is 0. The van der Waals surface area contributed by atoms with E-state index in [1.807, 2.05) is 6.92 Å². The zero-order chi connectivity index (χ0) is 11.0. The zero-order valence-electron chi connectivity index (χ0n) is 8.98. The highest BCUT2D eigenvalue weighted by atomic mass is 16.4. The predicted octanol–water partition coefficient (Wildman–Crippen LogP) is 0.0732. The Morgan fingerprint density at radius 2 is 2.21 bits per heavy atom. The molecule has 0 fully saturated rings. The van der Waals surface area contributed by atoms with Crippen molar-refractivity contribution in [1.29, 1.82) is 0 Å². The Morgan fingerprint density at radius 3 is 2.64 bits per heavy atom. The van der Waals surface area contributed by atoms with Crippen LogP contribution in [0.3, 0.4) is 0 Å². The van der Waals surface area contributed by atoms with Gasteiger partial charge in [-0.3, -0.25) is 0 Å². The summed E-state index contributed by atoms with van der Waals surface area (Å²) in [6.07, 6.45) is 0.761. The van der Waals surface area contributed by atoms with Crippen LogP contribution in [0.4, 0.5) is 0 Å². The van der Waals surface area contributed by atoms with E-state index in [9.17, 15) is 0 Å². The van der Waals surface area contributed by atoms with Crippen LogP contribution in [-0.2, 0) is 0 Å². The molecule has 0 radical (unpaired) electrons. The van der Waals surface area contributed by atoms with Crippen molar-refractivity contribution < 1.29 is 10.3 Å². The molecule has 0 aromatic rings. The number of hydrogen-bond donors (Lipinski definition) is 3. The second kappa shape index (κ2) is 7.58. The lowest BCUT2D eigenvalue weighted by atomic mass is 10.1. The fraction of sp³-hybridized carbons (Fsp3) is 0.889. The number of aliphatic hydroxyl groups excluding tert-OH is 1. The Kier molecular flexibility index (Phi) is 7.14. The molecule has 0 rings (SSSR count). The highest BCUT2D eigenvalue weighted by molar-refractivity contribution is 5.82. The first-order chi connectivity index (χ1) is 6.65. The first-order valence-electron chi connectivity index (χ1n) is 4.96. The van der Waals surface area contributed by atoms with Gasteiger partial charge in [0.25, 0.3) is 0 Å². The molecular formula is C9H21N3O2. The third-order valence-electron chi connectivity index (χ3n) is 2.23. The van der Waals surface area contributed by atoms with E-state index in [4.69, 9.17) is 16.0 Å². The van der Waals surface area contributed by atoms with E-state index in [1.165, 1.54) is 0 Å². The highest BCUT2D eigenvalue weighted by Gasteiger charge is 2.11. The fourth-order valence-electron chi connectivity index (χ4n) is 1.25. The predicted molar refractivity (Wildman–Crippen MR) is 56.4 cm³/mol. The van der Waals surface area contributed by atoms with Crippen LogP contribution in [0.2, 0.25) is 0 Å². The average molecular weight is 203 g/mol. The van der Waals surface area contributed by atoms with Gasteiger partial charge in [0.15, 0.2) is 0 Å². The second-order valence-corrected chi connectivity index (χ2v) is 3.40. The highest BCUT2D eigenvalue weighted by Crippen LogP contribution is 2.00. The molecule has 0 saturated carbocycles. The maximum absolute atomic E-state index is 8.69. The van der Waals surface area contributed by atoms with Crippen LogP contribution in [0.1, 0.15) is 20.3 Å². The standard InChI is InChI=1S/C9H21N3O2/c1-3-12(5-4-6-13)7-8(2)9(10)11-14/h8,13-14H,3-7H2,1-2H3,(H2,10,11). The quantitative estimate of drug-likeness (QED) is 0.237. The molecule has 1 unspecified atom stereocenters. The molecular weight excluding hydrogens is 182 g/mol. The van der Waals surface area contributed by atoms with Gasteiger partial charge in [-0.2, -0.15) is 0 Å². The van der Waals surface area contributed by atoms with E-state index in [-0.39, 0.29) is 18.4 Å². The number of rotatable bonds is 7. The zero-order valence-corrected chi connectivity index (χ0v) is 8.98. The summed E-state index contributed by atoms with van der Waals surface area (Å²) in [7, 11) is 0. The van der Waals surface area contributed by atoms with Crippen molar-refractivity contribution >= 4 is 5.84 Å².